The number of carboxylic acid groups (broad SMARTS) is 1. The van der Waals surface area contributed by atoms with Crippen LogP contribution in [0.25, 0.3) is 0 Å². The van der Waals surface area contributed by atoms with Gasteiger partial charge in [0.15, 0.2) is 0 Å². The Balaban J connectivity index is 2.00. The monoisotopic (exact) mass is 313 g/mol. The van der Waals surface area contributed by atoms with Crippen LogP contribution in [-0.4, -0.2) is 23.5 Å². The lowest BCUT2D eigenvalue weighted by molar-refractivity contribution is -0.136. The number of hydrogen-bond donors (Lipinski definition) is 1. The Labute approximate surface area is 132 Å². The molecule has 3 rings (SSSR count). The van der Waals surface area contributed by atoms with Gasteiger partial charge in [0.2, 0.25) is 5.91 Å². The SMILES string of the molecule is O=C(O)CN1C(=O)C[C@H](c2ccccc2)Sc2ccccc21. The molecule has 0 bridgehead atoms. The quantitative estimate of drug-likeness (QED) is 0.944. The van der Waals surface area contributed by atoms with Crippen LogP contribution in [0.5, 0.6) is 0 Å². The van der Waals surface area contributed by atoms with Crippen LogP contribution < -0.4 is 4.90 Å². The van der Waals surface area contributed by atoms with Crippen LogP contribution >= 0.6 is 11.8 Å². The summed E-state index contributed by atoms with van der Waals surface area (Å²) in [6.07, 6.45) is 0.288. The van der Waals surface area contributed by atoms with E-state index in [0.29, 0.717) is 5.69 Å². The van der Waals surface area contributed by atoms with E-state index in [1.54, 1.807) is 17.8 Å². The lowest BCUT2D eigenvalue weighted by Gasteiger charge is -2.20. The van der Waals surface area contributed by atoms with Crippen molar-refractivity contribution in [1.29, 1.82) is 0 Å². The third-order valence-corrected chi connectivity index (χ3v) is 4.87. The molecule has 112 valence electrons. The second-order valence-electron chi connectivity index (χ2n) is 5.06. The van der Waals surface area contributed by atoms with Gasteiger partial charge in [-0.2, -0.15) is 0 Å². The van der Waals surface area contributed by atoms with Gasteiger partial charge < -0.3 is 10.0 Å². The van der Waals surface area contributed by atoms with Crippen LogP contribution in [0.3, 0.4) is 0 Å². The molecule has 1 atom stereocenters. The Bertz CT molecular complexity index is 702. The second kappa shape index (κ2) is 6.23. The minimum Gasteiger partial charge on any atom is -0.480 e. The molecule has 0 aromatic heterocycles. The van der Waals surface area contributed by atoms with Crippen molar-refractivity contribution in [1.82, 2.24) is 0 Å². The van der Waals surface area contributed by atoms with Crippen molar-refractivity contribution >= 4 is 29.3 Å². The van der Waals surface area contributed by atoms with E-state index in [-0.39, 0.29) is 24.1 Å². The number of nitrogens with zero attached hydrogens (tertiary/aromatic N) is 1. The van der Waals surface area contributed by atoms with Gasteiger partial charge in [0, 0.05) is 16.6 Å². The number of thioether (sulfide) groups is 1. The Kier molecular flexibility index (Phi) is 4.15. The van der Waals surface area contributed by atoms with Gasteiger partial charge in [0.05, 0.1) is 5.69 Å². The topological polar surface area (TPSA) is 57.6 Å². The van der Waals surface area contributed by atoms with Gasteiger partial charge in [-0.05, 0) is 17.7 Å². The first-order valence-electron chi connectivity index (χ1n) is 6.98. The van der Waals surface area contributed by atoms with Crippen molar-refractivity contribution in [2.45, 2.75) is 16.6 Å². The summed E-state index contributed by atoms with van der Waals surface area (Å²) in [5.41, 5.74) is 1.76. The van der Waals surface area contributed by atoms with E-state index in [4.69, 9.17) is 5.11 Å². The van der Waals surface area contributed by atoms with Crippen LogP contribution in [0.4, 0.5) is 5.69 Å². The number of carbonyl (C=O) groups excluding carboxylic acids is 1. The number of fused-ring (bicyclic) bond motifs is 1. The minimum absolute atomic E-state index is 0.00588. The third-order valence-electron chi connectivity index (χ3n) is 3.55. The van der Waals surface area contributed by atoms with Gasteiger partial charge in [-0.1, -0.05) is 42.5 Å². The van der Waals surface area contributed by atoms with Crippen LogP contribution in [0.15, 0.2) is 59.5 Å². The number of hydrogen-bond acceptors (Lipinski definition) is 3. The first kappa shape index (κ1) is 14.7. The number of benzene rings is 2. The third kappa shape index (κ3) is 2.99. The van der Waals surface area contributed by atoms with Crippen LogP contribution in [0, 0.1) is 0 Å². The van der Waals surface area contributed by atoms with E-state index < -0.39 is 5.97 Å². The normalized spacial score (nSPS) is 17.7. The molecule has 1 aliphatic heterocycles. The van der Waals surface area contributed by atoms with Crippen molar-refractivity contribution < 1.29 is 14.7 Å². The van der Waals surface area contributed by atoms with Crippen molar-refractivity contribution in [3.63, 3.8) is 0 Å². The highest BCUT2D eigenvalue weighted by Gasteiger charge is 2.30. The number of carboxylic acids is 1. The smallest absolute Gasteiger partial charge is 0.323 e. The van der Waals surface area contributed by atoms with E-state index in [2.05, 4.69) is 0 Å². The van der Waals surface area contributed by atoms with E-state index in [0.717, 1.165) is 10.5 Å². The molecule has 5 heteroatoms. The molecular formula is C17H15NO3S. The molecule has 0 saturated carbocycles. The summed E-state index contributed by atoms with van der Waals surface area (Å²) >= 11 is 1.61. The van der Waals surface area contributed by atoms with Crippen molar-refractivity contribution in [2.75, 3.05) is 11.4 Å². The van der Waals surface area contributed by atoms with E-state index >= 15 is 0 Å². The fourth-order valence-corrected chi connectivity index (χ4v) is 3.82. The zero-order chi connectivity index (χ0) is 15.5. The minimum atomic E-state index is -1.01. The lowest BCUT2D eigenvalue weighted by Crippen LogP contribution is -2.35. The number of para-hydroxylation sites is 1. The second-order valence-corrected chi connectivity index (χ2v) is 6.31. The Morgan fingerprint density at radius 1 is 1.14 bits per heavy atom. The molecule has 0 fully saturated rings. The Hall–Kier alpha value is -2.27. The Morgan fingerprint density at radius 2 is 1.82 bits per heavy atom. The van der Waals surface area contributed by atoms with Gasteiger partial charge >= 0.3 is 5.97 Å². The zero-order valence-electron chi connectivity index (χ0n) is 11.8. The number of rotatable bonds is 3. The summed E-state index contributed by atoms with van der Waals surface area (Å²) in [6.45, 7) is -0.308. The summed E-state index contributed by atoms with van der Waals surface area (Å²) < 4.78 is 0. The zero-order valence-corrected chi connectivity index (χ0v) is 12.6. The van der Waals surface area contributed by atoms with Gasteiger partial charge in [0.1, 0.15) is 6.54 Å². The number of anilines is 1. The molecule has 0 unspecified atom stereocenters. The summed E-state index contributed by atoms with van der Waals surface area (Å²) in [6, 6.07) is 17.3. The maximum atomic E-state index is 12.5. The van der Waals surface area contributed by atoms with E-state index in [1.807, 2.05) is 48.5 Å². The first-order valence-corrected chi connectivity index (χ1v) is 7.86. The van der Waals surface area contributed by atoms with Crippen LogP contribution in [0.1, 0.15) is 17.2 Å². The van der Waals surface area contributed by atoms with Gasteiger partial charge in [0.25, 0.3) is 0 Å². The maximum absolute atomic E-state index is 12.5. The van der Waals surface area contributed by atoms with Gasteiger partial charge in [-0.15, -0.1) is 11.8 Å². The van der Waals surface area contributed by atoms with Gasteiger partial charge in [-0.3, -0.25) is 9.59 Å². The first-order chi connectivity index (χ1) is 10.6. The van der Waals surface area contributed by atoms with Crippen LogP contribution in [0.2, 0.25) is 0 Å². The average Bonchev–Trinajstić information content (AvgIpc) is 2.66. The van der Waals surface area contributed by atoms with E-state index in [9.17, 15) is 9.59 Å². The molecule has 0 radical (unpaired) electrons. The van der Waals surface area contributed by atoms with Crippen molar-refractivity contribution in [3.05, 3.63) is 60.2 Å². The predicted molar refractivity (Wildman–Crippen MR) is 86.1 cm³/mol. The highest BCUT2D eigenvalue weighted by atomic mass is 32.2. The average molecular weight is 313 g/mol. The largest absolute Gasteiger partial charge is 0.480 e. The molecule has 2 aromatic rings. The molecule has 1 amide bonds. The molecule has 0 saturated heterocycles. The summed E-state index contributed by atoms with van der Waals surface area (Å²) in [7, 11) is 0. The summed E-state index contributed by atoms with van der Waals surface area (Å²) in [4.78, 5) is 25.9. The fourth-order valence-electron chi connectivity index (χ4n) is 2.54. The molecule has 22 heavy (non-hydrogen) atoms. The standard InChI is InChI=1S/C17H15NO3S/c19-16-10-15(12-6-2-1-3-7-12)22-14-9-5-4-8-13(14)18(16)11-17(20)21/h1-9,15H,10-11H2,(H,20,21)/t15-/m1/s1. The molecular weight excluding hydrogens is 298 g/mol. The number of aliphatic carboxylic acids is 1. The molecule has 2 aromatic carbocycles. The highest BCUT2D eigenvalue weighted by molar-refractivity contribution is 7.99. The number of carbonyl (C=O) groups is 2. The predicted octanol–water partition coefficient (Wildman–Crippen LogP) is 3.34. The fraction of sp³-hybridized carbons (Fsp3) is 0.176. The molecule has 4 nitrogen and oxygen atoms in total. The summed E-state index contributed by atoms with van der Waals surface area (Å²) in [5.74, 6) is -1.17. The number of amides is 1. The lowest BCUT2D eigenvalue weighted by atomic mass is 10.1. The van der Waals surface area contributed by atoms with Crippen molar-refractivity contribution in [2.24, 2.45) is 0 Å². The maximum Gasteiger partial charge on any atom is 0.323 e. The molecule has 1 heterocycles. The van der Waals surface area contributed by atoms with Crippen LogP contribution in [-0.2, 0) is 9.59 Å². The molecule has 0 spiro atoms. The van der Waals surface area contributed by atoms with Gasteiger partial charge in [-0.25, -0.2) is 0 Å². The van der Waals surface area contributed by atoms with E-state index in [1.165, 1.54) is 4.90 Å². The molecule has 1 N–H and O–H groups in total. The molecule has 1 aliphatic rings. The Morgan fingerprint density at radius 3 is 2.55 bits per heavy atom. The summed E-state index contributed by atoms with van der Waals surface area (Å²) in [5, 5.41) is 9.08. The van der Waals surface area contributed by atoms with Crippen molar-refractivity contribution in [3.8, 4) is 0 Å². The molecule has 0 aliphatic carbocycles. The highest BCUT2D eigenvalue weighted by Crippen LogP contribution is 2.45.